The Kier molecular flexibility index (Phi) is 3.20. The zero-order chi connectivity index (χ0) is 10.2. The minimum Gasteiger partial charge on any atom is -0.323 e. The molecule has 0 bridgehead atoms. The Morgan fingerprint density at radius 3 is 2.31 bits per heavy atom. The van der Waals surface area contributed by atoms with E-state index in [4.69, 9.17) is 5.73 Å². The van der Waals surface area contributed by atoms with Crippen LogP contribution in [0.25, 0.3) is 0 Å². The molecule has 74 valence electrons. The Morgan fingerprint density at radius 2 is 2.00 bits per heavy atom. The quantitative estimate of drug-likeness (QED) is 0.817. The van der Waals surface area contributed by atoms with Crippen LogP contribution in [0.1, 0.15) is 37.3 Å². The molecule has 1 rings (SSSR count). The van der Waals surface area contributed by atoms with E-state index in [0.717, 1.165) is 0 Å². The fourth-order valence-corrected chi connectivity index (χ4v) is 2.99. The molecule has 1 nitrogen and oxygen atoms in total. The summed E-state index contributed by atoms with van der Waals surface area (Å²) < 4.78 is 1.17. The molecule has 0 aliphatic carbocycles. The van der Waals surface area contributed by atoms with E-state index in [-0.39, 0.29) is 11.5 Å². The summed E-state index contributed by atoms with van der Waals surface area (Å²) >= 11 is 5.23. The summed E-state index contributed by atoms with van der Waals surface area (Å²) in [7, 11) is 0. The molecule has 1 heterocycles. The van der Waals surface area contributed by atoms with Crippen molar-refractivity contribution < 1.29 is 0 Å². The van der Waals surface area contributed by atoms with Crippen molar-refractivity contribution in [2.75, 3.05) is 0 Å². The molecule has 0 aliphatic heterocycles. The van der Waals surface area contributed by atoms with Crippen LogP contribution in [0.3, 0.4) is 0 Å². The largest absolute Gasteiger partial charge is 0.323 e. The molecule has 0 spiro atoms. The molecule has 0 radical (unpaired) electrons. The van der Waals surface area contributed by atoms with Crippen LogP contribution in [-0.2, 0) is 0 Å². The maximum absolute atomic E-state index is 6.17. The lowest BCUT2D eigenvalue weighted by molar-refractivity contribution is 0.326. The fraction of sp³-hybridized carbons (Fsp3) is 0.600. The van der Waals surface area contributed by atoms with Gasteiger partial charge in [-0.3, -0.25) is 0 Å². The molecule has 3 heteroatoms. The van der Waals surface area contributed by atoms with Crippen molar-refractivity contribution >= 4 is 27.3 Å². The smallest absolute Gasteiger partial charge is 0.0704 e. The van der Waals surface area contributed by atoms with Crippen molar-refractivity contribution in [2.45, 2.75) is 33.7 Å². The van der Waals surface area contributed by atoms with Crippen molar-refractivity contribution in [3.05, 3.63) is 20.3 Å². The van der Waals surface area contributed by atoms with Gasteiger partial charge in [0, 0.05) is 10.9 Å². The first-order valence-electron chi connectivity index (χ1n) is 4.34. The molecule has 0 fully saturated rings. The monoisotopic (exact) mass is 261 g/mol. The zero-order valence-electron chi connectivity index (χ0n) is 8.52. The first kappa shape index (κ1) is 11.2. The van der Waals surface area contributed by atoms with Crippen LogP contribution in [0.4, 0.5) is 0 Å². The molecule has 1 atom stereocenters. The lowest BCUT2D eigenvalue weighted by Gasteiger charge is -2.27. The van der Waals surface area contributed by atoms with Crippen molar-refractivity contribution in [3.63, 3.8) is 0 Å². The number of halogens is 1. The van der Waals surface area contributed by atoms with Gasteiger partial charge in [0.15, 0.2) is 0 Å². The van der Waals surface area contributed by atoms with E-state index >= 15 is 0 Å². The van der Waals surface area contributed by atoms with Gasteiger partial charge >= 0.3 is 0 Å². The van der Waals surface area contributed by atoms with Crippen LogP contribution in [-0.4, -0.2) is 0 Å². The fourth-order valence-electron chi connectivity index (χ4n) is 1.23. The SMILES string of the molecule is Cc1sc(Br)cc1C(N)C(C)(C)C. The van der Waals surface area contributed by atoms with Gasteiger partial charge in [0.2, 0.25) is 0 Å². The van der Waals surface area contributed by atoms with E-state index in [1.54, 1.807) is 11.3 Å². The van der Waals surface area contributed by atoms with E-state index < -0.39 is 0 Å². The molecule has 0 amide bonds. The second kappa shape index (κ2) is 3.71. The third-order valence-electron chi connectivity index (χ3n) is 2.19. The summed E-state index contributed by atoms with van der Waals surface area (Å²) in [6.45, 7) is 8.63. The third-order valence-corrected chi connectivity index (χ3v) is 3.76. The molecule has 1 unspecified atom stereocenters. The van der Waals surface area contributed by atoms with Gasteiger partial charge in [0.1, 0.15) is 0 Å². The van der Waals surface area contributed by atoms with Crippen molar-refractivity contribution in [1.82, 2.24) is 0 Å². The molecule has 0 aromatic carbocycles. The van der Waals surface area contributed by atoms with Gasteiger partial charge in [-0.05, 0) is 39.9 Å². The Bertz CT molecular complexity index is 298. The lowest BCUT2D eigenvalue weighted by Crippen LogP contribution is -2.26. The molecular formula is C10H16BrNS. The summed E-state index contributed by atoms with van der Waals surface area (Å²) in [6, 6.07) is 2.26. The highest BCUT2D eigenvalue weighted by atomic mass is 79.9. The normalized spacial score (nSPS) is 14.6. The predicted octanol–water partition coefficient (Wildman–Crippen LogP) is 3.86. The molecule has 0 aliphatic rings. The average Bonchev–Trinajstić information content (AvgIpc) is 2.26. The van der Waals surface area contributed by atoms with Crippen LogP contribution < -0.4 is 5.73 Å². The topological polar surface area (TPSA) is 26.0 Å². The number of hydrogen-bond acceptors (Lipinski definition) is 2. The summed E-state index contributed by atoms with van der Waals surface area (Å²) in [5.41, 5.74) is 7.57. The molecule has 1 aromatic rings. The summed E-state index contributed by atoms with van der Waals surface area (Å²) in [4.78, 5) is 1.31. The summed E-state index contributed by atoms with van der Waals surface area (Å²) in [5, 5.41) is 0. The van der Waals surface area contributed by atoms with Crippen molar-refractivity contribution in [2.24, 2.45) is 11.1 Å². The van der Waals surface area contributed by atoms with E-state index in [0.29, 0.717) is 0 Å². The van der Waals surface area contributed by atoms with Gasteiger partial charge in [-0.2, -0.15) is 0 Å². The van der Waals surface area contributed by atoms with Gasteiger partial charge in [-0.25, -0.2) is 0 Å². The van der Waals surface area contributed by atoms with Gasteiger partial charge in [0.25, 0.3) is 0 Å². The molecule has 2 N–H and O–H groups in total. The summed E-state index contributed by atoms with van der Waals surface area (Å²) in [5.74, 6) is 0. The van der Waals surface area contributed by atoms with Crippen LogP contribution in [0.2, 0.25) is 0 Å². The van der Waals surface area contributed by atoms with Crippen molar-refractivity contribution in [3.8, 4) is 0 Å². The van der Waals surface area contributed by atoms with Gasteiger partial charge in [-0.15, -0.1) is 11.3 Å². The first-order valence-corrected chi connectivity index (χ1v) is 5.94. The number of thiophene rings is 1. The Morgan fingerprint density at radius 1 is 1.46 bits per heavy atom. The molecular weight excluding hydrogens is 246 g/mol. The Hall–Kier alpha value is 0.140. The first-order chi connectivity index (χ1) is 5.82. The van der Waals surface area contributed by atoms with E-state index in [9.17, 15) is 0 Å². The lowest BCUT2D eigenvalue weighted by atomic mass is 9.83. The summed E-state index contributed by atoms with van der Waals surface area (Å²) in [6.07, 6.45) is 0. The van der Waals surface area contributed by atoms with Crippen LogP contribution in [0.5, 0.6) is 0 Å². The van der Waals surface area contributed by atoms with Crippen LogP contribution in [0, 0.1) is 12.3 Å². The number of nitrogens with two attached hydrogens (primary N) is 1. The minimum absolute atomic E-state index is 0.120. The van der Waals surface area contributed by atoms with Gasteiger partial charge in [-0.1, -0.05) is 20.8 Å². The molecule has 1 aromatic heterocycles. The second-order valence-corrected chi connectivity index (χ2v) is 7.04. The number of rotatable bonds is 1. The highest BCUT2D eigenvalue weighted by molar-refractivity contribution is 9.11. The molecule has 13 heavy (non-hydrogen) atoms. The average molecular weight is 262 g/mol. The van der Waals surface area contributed by atoms with Crippen LogP contribution >= 0.6 is 27.3 Å². The highest BCUT2D eigenvalue weighted by Crippen LogP contribution is 2.37. The molecule has 0 saturated heterocycles. The second-order valence-electron chi connectivity index (χ2n) is 4.41. The maximum atomic E-state index is 6.17. The maximum Gasteiger partial charge on any atom is 0.0704 e. The standard InChI is InChI=1S/C10H16BrNS/c1-6-7(5-8(11)13-6)9(12)10(2,3)4/h5,9H,12H2,1-4H3. The van der Waals surface area contributed by atoms with Gasteiger partial charge < -0.3 is 5.73 Å². The number of hydrogen-bond donors (Lipinski definition) is 1. The van der Waals surface area contributed by atoms with Crippen LogP contribution in [0.15, 0.2) is 9.85 Å². The Balaban J connectivity index is 3.01. The number of aryl methyl sites for hydroxylation is 1. The van der Waals surface area contributed by atoms with E-state index in [1.807, 2.05) is 0 Å². The highest BCUT2D eigenvalue weighted by Gasteiger charge is 2.24. The Labute approximate surface area is 92.5 Å². The van der Waals surface area contributed by atoms with Gasteiger partial charge in [0.05, 0.1) is 3.79 Å². The van der Waals surface area contributed by atoms with E-state index in [2.05, 4.69) is 49.7 Å². The van der Waals surface area contributed by atoms with Crippen molar-refractivity contribution in [1.29, 1.82) is 0 Å². The predicted molar refractivity (Wildman–Crippen MR) is 63.1 cm³/mol. The third kappa shape index (κ3) is 2.55. The zero-order valence-corrected chi connectivity index (χ0v) is 10.9. The molecule has 0 saturated carbocycles. The van der Waals surface area contributed by atoms with E-state index in [1.165, 1.54) is 14.2 Å². The minimum atomic E-state index is 0.120.